The Hall–Kier alpha value is -4.57. The second-order valence-corrected chi connectivity index (χ2v) is 13.0. The number of aliphatic hydroxyl groups is 2. The van der Waals surface area contributed by atoms with Crippen molar-refractivity contribution >= 4 is 51.2 Å². The number of nitrogens with zero attached hydrogens (tertiary/aromatic N) is 3. The molecule has 2 aliphatic heterocycles. The summed E-state index contributed by atoms with van der Waals surface area (Å²) >= 11 is 3.50. The average molecular weight is 695 g/mol. The van der Waals surface area contributed by atoms with Gasteiger partial charge in [-0.05, 0) is 65.6 Å². The van der Waals surface area contributed by atoms with Crippen LogP contribution in [0.3, 0.4) is 0 Å². The fraction of sp³-hybridized carbons (Fsp3) is 0.237. The third kappa shape index (κ3) is 6.26. The third-order valence-electron chi connectivity index (χ3n) is 9.19. The van der Waals surface area contributed by atoms with Crippen molar-refractivity contribution in [3.8, 4) is 0 Å². The molecule has 0 saturated heterocycles. The smallest absolute Gasteiger partial charge is 0.264 e. The molecule has 0 aliphatic carbocycles. The van der Waals surface area contributed by atoms with E-state index in [0.717, 1.165) is 33.3 Å². The molecular weight excluding hydrogens is 658 g/mol. The van der Waals surface area contributed by atoms with Crippen LogP contribution in [0.15, 0.2) is 114 Å². The Labute approximate surface area is 282 Å². The van der Waals surface area contributed by atoms with Crippen molar-refractivity contribution in [3.63, 3.8) is 0 Å². The molecule has 3 amide bonds. The van der Waals surface area contributed by atoms with Crippen molar-refractivity contribution in [2.75, 3.05) is 16.4 Å². The van der Waals surface area contributed by atoms with Gasteiger partial charge in [-0.3, -0.25) is 19.3 Å². The number of halogens is 1. The van der Waals surface area contributed by atoms with Gasteiger partial charge in [0.05, 0.1) is 24.9 Å². The van der Waals surface area contributed by atoms with E-state index in [2.05, 4.69) is 15.9 Å². The van der Waals surface area contributed by atoms with Crippen LogP contribution < -0.4 is 9.80 Å². The second-order valence-electron chi connectivity index (χ2n) is 12.0. The minimum atomic E-state index is -1.85. The highest BCUT2D eigenvalue weighted by molar-refractivity contribution is 9.10. The first-order chi connectivity index (χ1) is 22.7. The second kappa shape index (κ2) is 13.7. The monoisotopic (exact) mass is 693 g/mol. The number of aliphatic hydroxyl groups excluding tert-OH is 1. The number of hydrogen-bond acceptors (Lipinski definition) is 5. The highest BCUT2D eigenvalue weighted by Gasteiger charge is 2.52. The van der Waals surface area contributed by atoms with Gasteiger partial charge in [-0.1, -0.05) is 89.6 Å². The molecule has 240 valence electrons. The van der Waals surface area contributed by atoms with E-state index in [4.69, 9.17) is 0 Å². The fourth-order valence-electron chi connectivity index (χ4n) is 6.55. The van der Waals surface area contributed by atoms with Crippen LogP contribution in [-0.4, -0.2) is 46.0 Å². The molecule has 3 atom stereocenters. The Balaban J connectivity index is 1.18. The summed E-state index contributed by atoms with van der Waals surface area (Å²) in [7, 11) is 0. The van der Waals surface area contributed by atoms with Gasteiger partial charge in [0.1, 0.15) is 0 Å². The Kier molecular flexibility index (Phi) is 9.40. The van der Waals surface area contributed by atoms with Gasteiger partial charge in [-0.2, -0.15) is 0 Å². The molecular formula is C38H36BrN3O5. The van der Waals surface area contributed by atoms with Gasteiger partial charge in [0.15, 0.2) is 5.60 Å². The molecule has 2 N–H and O–H groups in total. The van der Waals surface area contributed by atoms with Crippen molar-refractivity contribution in [1.82, 2.24) is 4.90 Å². The van der Waals surface area contributed by atoms with E-state index in [0.29, 0.717) is 29.9 Å². The summed E-state index contributed by atoms with van der Waals surface area (Å²) < 4.78 is 0.732. The molecule has 2 aliphatic rings. The minimum Gasteiger partial charge on any atom is -0.394 e. The fourth-order valence-corrected chi connectivity index (χ4v) is 6.91. The van der Waals surface area contributed by atoms with E-state index in [1.165, 1.54) is 0 Å². The highest BCUT2D eigenvalue weighted by Crippen LogP contribution is 2.47. The highest BCUT2D eigenvalue weighted by atomic mass is 79.9. The van der Waals surface area contributed by atoms with Crippen LogP contribution >= 0.6 is 15.9 Å². The maximum absolute atomic E-state index is 14.1. The number of hydrogen-bond donors (Lipinski definition) is 2. The summed E-state index contributed by atoms with van der Waals surface area (Å²) in [4.78, 5) is 44.1. The Bertz CT molecular complexity index is 1810. The number of anilines is 3. The Morgan fingerprint density at radius 3 is 2.38 bits per heavy atom. The molecule has 0 radical (unpaired) electrons. The quantitative estimate of drug-likeness (QED) is 0.157. The predicted molar refractivity (Wildman–Crippen MR) is 185 cm³/mol. The van der Waals surface area contributed by atoms with Crippen molar-refractivity contribution in [3.05, 3.63) is 136 Å². The van der Waals surface area contributed by atoms with Crippen LogP contribution in [0, 0.1) is 5.92 Å². The molecule has 6 rings (SSSR count). The molecule has 0 unspecified atom stereocenters. The Morgan fingerprint density at radius 2 is 1.68 bits per heavy atom. The predicted octanol–water partition coefficient (Wildman–Crippen LogP) is 6.01. The lowest BCUT2D eigenvalue weighted by Gasteiger charge is -2.36. The number of carbonyl (C=O) groups excluding carboxylic acids is 3. The lowest BCUT2D eigenvalue weighted by Crippen LogP contribution is -2.46. The first kappa shape index (κ1) is 32.4. The first-order valence-electron chi connectivity index (χ1n) is 15.6. The average Bonchev–Trinajstić information content (AvgIpc) is 3.30. The van der Waals surface area contributed by atoms with Gasteiger partial charge in [0.2, 0.25) is 12.3 Å². The van der Waals surface area contributed by atoms with Crippen LogP contribution in [0.2, 0.25) is 0 Å². The van der Waals surface area contributed by atoms with E-state index in [1.54, 1.807) is 39.8 Å². The van der Waals surface area contributed by atoms with Gasteiger partial charge >= 0.3 is 0 Å². The number of benzene rings is 4. The van der Waals surface area contributed by atoms with Crippen molar-refractivity contribution < 1.29 is 24.6 Å². The van der Waals surface area contributed by atoms with Crippen LogP contribution in [0.25, 0.3) is 0 Å². The van der Waals surface area contributed by atoms with Gasteiger partial charge in [0, 0.05) is 40.3 Å². The summed E-state index contributed by atoms with van der Waals surface area (Å²) in [5, 5.41) is 22.1. The SMILES string of the molecule is C[C@@H](/C=C/CC(=O)N1Cc2ccccc2C[C@H]1CO)[C@]1(O)C(=O)N(Cc2ccc(N(C=O)c3ccccc3)cc2)c2ccc(Br)cc21. The molecule has 8 nitrogen and oxygen atoms in total. The summed E-state index contributed by atoms with van der Waals surface area (Å²) in [5.41, 5.74) is 3.72. The largest absolute Gasteiger partial charge is 0.394 e. The van der Waals surface area contributed by atoms with Gasteiger partial charge < -0.3 is 20.0 Å². The maximum Gasteiger partial charge on any atom is 0.264 e. The number of para-hydroxylation sites is 1. The van der Waals surface area contributed by atoms with Crippen LogP contribution in [0.4, 0.5) is 17.1 Å². The summed E-state index contributed by atoms with van der Waals surface area (Å²) in [6.45, 7) is 2.30. The molecule has 0 aromatic heterocycles. The van der Waals surface area contributed by atoms with Gasteiger partial charge in [0.25, 0.3) is 5.91 Å². The van der Waals surface area contributed by atoms with Crippen LogP contribution in [0.5, 0.6) is 0 Å². The van der Waals surface area contributed by atoms with Crippen molar-refractivity contribution in [2.45, 2.75) is 44.5 Å². The molecule has 2 heterocycles. The lowest BCUT2D eigenvalue weighted by atomic mass is 9.83. The summed E-state index contributed by atoms with van der Waals surface area (Å²) in [6, 6.07) is 29.8. The molecule has 0 fully saturated rings. The number of amides is 3. The molecule has 0 spiro atoms. The van der Waals surface area contributed by atoms with Crippen molar-refractivity contribution in [1.29, 1.82) is 0 Å². The van der Waals surface area contributed by atoms with Crippen molar-refractivity contribution in [2.24, 2.45) is 5.92 Å². The molecule has 47 heavy (non-hydrogen) atoms. The van der Waals surface area contributed by atoms with E-state index in [-0.39, 0.29) is 31.5 Å². The molecule has 4 aromatic carbocycles. The van der Waals surface area contributed by atoms with E-state index >= 15 is 0 Å². The van der Waals surface area contributed by atoms with Crippen LogP contribution in [0.1, 0.15) is 35.6 Å². The topological polar surface area (TPSA) is 101 Å². The molecule has 0 saturated carbocycles. The van der Waals surface area contributed by atoms with Crippen LogP contribution in [-0.2, 0) is 39.5 Å². The molecule has 9 heteroatoms. The van der Waals surface area contributed by atoms with E-state index in [1.807, 2.05) is 91.0 Å². The van der Waals surface area contributed by atoms with E-state index in [9.17, 15) is 24.6 Å². The zero-order valence-electron chi connectivity index (χ0n) is 26.0. The molecule has 4 aromatic rings. The maximum atomic E-state index is 14.1. The summed E-state index contributed by atoms with van der Waals surface area (Å²) in [5.74, 6) is -1.23. The number of carbonyl (C=O) groups is 3. The van der Waals surface area contributed by atoms with E-state index < -0.39 is 17.4 Å². The van der Waals surface area contributed by atoms with Gasteiger partial charge in [-0.25, -0.2) is 0 Å². The normalized spacial score (nSPS) is 19.4. The number of fused-ring (bicyclic) bond motifs is 2. The third-order valence-corrected chi connectivity index (χ3v) is 9.68. The lowest BCUT2D eigenvalue weighted by molar-refractivity contribution is -0.139. The minimum absolute atomic E-state index is 0.0788. The van der Waals surface area contributed by atoms with Gasteiger partial charge in [-0.15, -0.1) is 0 Å². The summed E-state index contributed by atoms with van der Waals surface area (Å²) in [6.07, 6.45) is 4.87. The zero-order chi connectivity index (χ0) is 33.1. The molecule has 0 bridgehead atoms. The first-order valence-corrected chi connectivity index (χ1v) is 16.4. The Morgan fingerprint density at radius 1 is 1.00 bits per heavy atom. The number of rotatable bonds is 10. The zero-order valence-corrected chi connectivity index (χ0v) is 27.6. The standard InChI is InChI=1S/C38H36BrN3O5/c1-26(8-7-13-36(45)40-23-29-10-6-5-9-28(29)20-33(40)24-43)38(47)34-21-30(39)16-19-35(34)41(37(38)46)22-27-14-17-32(18-15-27)42(25-44)31-11-3-2-4-12-31/h2-12,14-19,21,25-26,33,43,47H,13,20,22-24H2,1H3/b8-7+/t26-,33-,38+/m0/s1.